The van der Waals surface area contributed by atoms with Crippen LogP contribution in [0.15, 0.2) is 42.6 Å². The second-order valence-corrected chi connectivity index (χ2v) is 5.32. The number of esters is 1. The van der Waals surface area contributed by atoms with Crippen molar-refractivity contribution in [1.29, 1.82) is 0 Å². The lowest BCUT2D eigenvalue weighted by Gasteiger charge is -2.12. The van der Waals surface area contributed by atoms with Crippen LogP contribution in [0.3, 0.4) is 0 Å². The number of carbonyl (C=O) groups excluding carboxylic acids is 2. The van der Waals surface area contributed by atoms with Crippen molar-refractivity contribution in [2.45, 2.75) is 13.0 Å². The standard InChI is InChI=1S/C17H19N3O4/c1-11(16(18)21)23-13-4-6-14(7-5-13)24-17(22)12-8-9-19-15(10-12)20(2)3/h4-11H,1-3H3,(H2,18,21). The highest BCUT2D eigenvalue weighted by molar-refractivity contribution is 5.91. The molecule has 0 spiro atoms. The Morgan fingerprint density at radius 3 is 2.33 bits per heavy atom. The Morgan fingerprint density at radius 2 is 1.75 bits per heavy atom. The number of amides is 1. The van der Waals surface area contributed by atoms with Gasteiger partial charge < -0.3 is 20.1 Å². The lowest BCUT2D eigenvalue weighted by molar-refractivity contribution is -0.123. The van der Waals surface area contributed by atoms with Crippen molar-refractivity contribution in [2.24, 2.45) is 5.73 Å². The van der Waals surface area contributed by atoms with Gasteiger partial charge in [-0.3, -0.25) is 4.79 Å². The van der Waals surface area contributed by atoms with E-state index in [1.807, 2.05) is 14.1 Å². The first kappa shape index (κ1) is 17.3. The third kappa shape index (κ3) is 4.45. The summed E-state index contributed by atoms with van der Waals surface area (Å²) in [6, 6.07) is 9.58. The maximum Gasteiger partial charge on any atom is 0.343 e. The number of hydrogen-bond donors (Lipinski definition) is 1. The molecular formula is C17H19N3O4. The number of carbonyl (C=O) groups is 2. The SMILES string of the molecule is CC(Oc1ccc(OC(=O)c2ccnc(N(C)C)c2)cc1)C(N)=O. The molecule has 1 aromatic heterocycles. The van der Waals surface area contributed by atoms with Gasteiger partial charge in [0, 0.05) is 20.3 Å². The highest BCUT2D eigenvalue weighted by Crippen LogP contribution is 2.20. The van der Waals surface area contributed by atoms with Crippen LogP contribution >= 0.6 is 0 Å². The van der Waals surface area contributed by atoms with E-state index in [9.17, 15) is 9.59 Å². The first-order chi connectivity index (χ1) is 11.4. The average molecular weight is 329 g/mol. The molecule has 126 valence electrons. The van der Waals surface area contributed by atoms with E-state index in [4.69, 9.17) is 15.2 Å². The molecule has 0 saturated heterocycles. The van der Waals surface area contributed by atoms with Crippen molar-refractivity contribution in [1.82, 2.24) is 4.98 Å². The summed E-state index contributed by atoms with van der Waals surface area (Å²) in [4.78, 5) is 29.1. The van der Waals surface area contributed by atoms with E-state index in [0.717, 1.165) is 0 Å². The summed E-state index contributed by atoms with van der Waals surface area (Å²) in [6.07, 6.45) is 0.813. The topological polar surface area (TPSA) is 94.8 Å². The minimum absolute atomic E-state index is 0.363. The van der Waals surface area contributed by atoms with Crippen LogP contribution in [0.1, 0.15) is 17.3 Å². The lowest BCUT2D eigenvalue weighted by atomic mass is 10.2. The molecule has 2 rings (SSSR count). The minimum atomic E-state index is -0.736. The van der Waals surface area contributed by atoms with E-state index >= 15 is 0 Å². The molecule has 7 heteroatoms. The van der Waals surface area contributed by atoms with Gasteiger partial charge in [-0.05, 0) is 43.3 Å². The second-order valence-electron chi connectivity index (χ2n) is 5.32. The average Bonchev–Trinajstić information content (AvgIpc) is 2.56. The van der Waals surface area contributed by atoms with Crippen molar-refractivity contribution in [3.8, 4) is 11.5 Å². The zero-order chi connectivity index (χ0) is 17.7. The Balaban J connectivity index is 2.04. The van der Waals surface area contributed by atoms with E-state index in [1.54, 1.807) is 54.4 Å². The summed E-state index contributed by atoms with van der Waals surface area (Å²) in [7, 11) is 3.67. The molecule has 7 nitrogen and oxygen atoms in total. The Hall–Kier alpha value is -3.09. The van der Waals surface area contributed by atoms with Crippen LogP contribution in [0.4, 0.5) is 5.82 Å². The number of anilines is 1. The molecule has 2 N–H and O–H groups in total. The van der Waals surface area contributed by atoms with Gasteiger partial charge in [-0.15, -0.1) is 0 Å². The molecule has 1 heterocycles. The van der Waals surface area contributed by atoms with Gasteiger partial charge in [-0.25, -0.2) is 9.78 Å². The van der Waals surface area contributed by atoms with Crippen LogP contribution in [-0.4, -0.2) is 37.1 Å². The number of nitrogens with two attached hydrogens (primary N) is 1. The summed E-state index contributed by atoms with van der Waals surface area (Å²) in [5.41, 5.74) is 5.54. The van der Waals surface area contributed by atoms with Gasteiger partial charge >= 0.3 is 5.97 Å². The zero-order valence-electron chi connectivity index (χ0n) is 13.7. The number of ether oxygens (including phenoxy) is 2. The number of primary amides is 1. The normalized spacial score (nSPS) is 11.5. The fraction of sp³-hybridized carbons (Fsp3) is 0.235. The molecule has 2 aromatic rings. The number of pyridine rings is 1. The van der Waals surface area contributed by atoms with Crippen LogP contribution in [0.25, 0.3) is 0 Å². The monoisotopic (exact) mass is 329 g/mol. The molecule has 0 aliphatic rings. The molecule has 1 atom stereocenters. The van der Waals surface area contributed by atoms with Gasteiger partial charge in [0.25, 0.3) is 5.91 Å². The molecule has 0 aliphatic carbocycles. The summed E-state index contributed by atoms with van der Waals surface area (Å²) >= 11 is 0. The van der Waals surface area contributed by atoms with Gasteiger partial charge in [-0.2, -0.15) is 0 Å². The number of rotatable bonds is 6. The van der Waals surface area contributed by atoms with E-state index in [0.29, 0.717) is 22.9 Å². The van der Waals surface area contributed by atoms with Crippen molar-refractivity contribution in [3.05, 3.63) is 48.2 Å². The van der Waals surface area contributed by atoms with Gasteiger partial charge in [0.15, 0.2) is 6.10 Å². The van der Waals surface area contributed by atoms with Crippen LogP contribution < -0.4 is 20.1 Å². The number of hydrogen-bond acceptors (Lipinski definition) is 6. The highest BCUT2D eigenvalue weighted by atomic mass is 16.5. The summed E-state index contributed by atoms with van der Waals surface area (Å²) in [5, 5.41) is 0. The minimum Gasteiger partial charge on any atom is -0.481 e. The largest absolute Gasteiger partial charge is 0.481 e. The van der Waals surface area contributed by atoms with Gasteiger partial charge in [0.2, 0.25) is 0 Å². The van der Waals surface area contributed by atoms with E-state index < -0.39 is 18.0 Å². The molecule has 0 fully saturated rings. The smallest absolute Gasteiger partial charge is 0.343 e. The first-order valence-corrected chi connectivity index (χ1v) is 7.28. The maximum absolute atomic E-state index is 12.2. The van der Waals surface area contributed by atoms with Crippen LogP contribution in [0.5, 0.6) is 11.5 Å². The number of nitrogens with zero attached hydrogens (tertiary/aromatic N) is 2. The molecule has 0 bridgehead atoms. The quantitative estimate of drug-likeness (QED) is 0.639. The van der Waals surface area contributed by atoms with Crippen molar-refractivity contribution in [3.63, 3.8) is 0 Å². The molecule has 24 heavy (non-hydrogen) atoms. The first-order valence-electron chi connectivity index (χ1n) is 7.28. The Labute approximate surface area is 140 Å². The molecular weight excluding hydrogens is 310 g/mol. The Bertz CT molecular complexity index is 729. The van der Waals surface area contributed by atoms with Crippen LogP contribution in [0, 0.1) is 0 Å². The van der Waals surface area contributed by atoms with Crippen molar-refractivity contribution < 1.29 is 19.1 Å². The zero-order valence-corrected chi connectivity index (χ0v) is 13.7. The molecule has 1 amide bonds. The molecule has 0 radical (unpaired) electrons. The lowest BCUT2D eigenvalue weighted by Crippen LogP contribution is -2.30. The highest BCUT2D eigenvalue weighted by Gasteiger charge is 2.12. The number of aromatic nitrogens is 1. The van der Waals surface area contributed by atoms with Gasteiger partial charge in [0.05, 0.1) is 5.56 Å². The van der Waals surface area contributed by atoms with Gasteiger partial charge in [-0.1, -0.05) is 0 Å². The van der Waals surface area contributed by atoms with Crippen molar-refractivity contribution >= 4 is 17.7 Å². The van der Waals surface area contributed by atoms with E-state index in [-0.39, 0.29) is 0 Å². The molecule has 0 aliphatic heterocycles. The maximum atomic E-state index is 12.2. The predicted octanol–water partition coefficient (Wildman–Crippen LogP) is 1.62. The third-order valence-electron chi connectivity index (χ3n) is 3.19. The Morgan fingerprint density at radius 1 is 1.12 bits per heavy atom. The van der Waals surface area contributed by atoms with E-state index in [2.05, 4.69) is 4.98 Å². The number of benzene rings is 1. The molecule has 1 unspecified atom stereocenters. The predicted molar refractivity (Wildman–Crippen MR) is 89.2 cm³/mol. The molecule has 1 aromatic carbocycles. The van der Waals surface area contributed by atoms with Gasteiger partial charge in [0.1, 0.15) is 17.3 Å². The van der Waals surface area contributed by atoms with Crippen molar-refractivity contribution in [2.75, 3.05) is 19.0 Å². The Kier molecular flexibility index (Phi) is 5.36. The summed E-state index contributed by atoms with van der Waals surface area (Å²) in [6.45, 7) is 1.56. The third-order valence-corrected chi connectivity index (χ3v) is 3.19. The van der Waals surface area contributed by atoms with E-state index in [1.165, 1.54) is 0 Å². The van der Waals surface area contributed by atoms with Crippen LogP contribution in [0.2, 0.25) is 0 Å². The molecule has 0 saturated carbocycles. The summed E-state index contributed by atoms with van der Waals surface area (Å²) < 4.78 is 10.6. The fourth-order valence-electron chi connectivity index (χ4n) is 1.80. The fourth-order valence-corrected chi connectivity index (χ4v) is 1.80. The summed E-state index contributed by atoms with van der Waals surface area (Å²) in [5.74, 6) is 0.440. The second kappa shape index (κ2) is 7.45. The van der Waals surface area contributed by atoms with Crippen LogP contribution in [-0.2, 0) is 4.79 Å².